The number of methoxy groups -OCH3 is 2. The first-order chi connectivity index (χ1) is 7.52. The molecule has 0 radical (unpaired) electrons. The number of hydrogen-bond donors (Lipinski definition) is 1. The Morgan fingerprint density at radius 2 is 1.88 bits per heavy atom. The predicted molar refractivity (Wildman–Crippen MR) is 51.5 cm³/mol. The molecule has 0 fully saturated rings. The average molecular weight is 228 g/mol. The first-order valence-corrected chi connectivity index (χ1v) is 4.21. The normalized spacial score (nSPS) is 9.69. The molecule has 1 aromatic carbocycles. The number of halogens is 1. The molecule has 0 saturated heterocycles. The number of carbonyl (C=O) groups excluding carboxylic acids is 1. The van der Waals surface area contributed by atoms with Crippen LogP contribution in [-0.4, -0.2) is 31.1 Å². The van der Waals surface area contributed by atoms with Crippen LogP contribution < -0.4 is 9.47 Å². The zero-order chi connectivity index (χ0) is 12.3. The largest absolute Gasteiger partial charge is 0.493 e. The van der Waals surface area contributed by atoms with E-state index >= 15 is 0 Å². The van der Waals surface area contributed by atoms with E-state index in [1.807, 2.05) is 0 Å². The Labute approximate surface area is 90.4 Å². The molecule has 0 atom stereocenters. The maximum Gasteiger partial charge on any atom is 0.377 e. The van der Waals surface area contributed by atoms with Gasteiger partial charge in [0.05, 0.1) is 14.2 Å². The highest BCUT2D eigenvalue weighted by Gasteiger charge is 2.26. The first-order valence-electron chi connectivity index (χ1n) is 4.21. The van der Waals surface area contributed by atoms with Gasteiger partial charge in [-0.1, -0.05) is 0 Å². The van der Waals surface area contributed by atoms with Crippen LogP contribution in [0.15, 0.2) is 12.1 Å². The van der Waals surface area contributed by atoms with Crippen molar-refractivity contribution in [2.45, 2.75) is 0 Å². The van der Waals surface area contributed by atoms with Gasteiger partial charge in [-0.2, -0.15) is 0 Å². The molecule has 0 aromatic heterocycles. The van der Waals surface area contributed by atoms with E-state index in [1.54, 1.807) is 0 Å². The second-order valence-corrected chi connectivity index (χ2v) is 2.79. The summed E-state index contributed by atoms with van der Waals surface area (Å²) in [5.41, 5.74) is -0.644. The molecule has 0 aliphatic heterocycles. The Kier molecular flexibility index (Phi) is 3.44. The molecule has 0 heterocycles. The number of aliphatic carboxylic acids is 1. The Bertz CT molecular complexity index is 441. The summed E-state index contributed by atoms with van der Waals surface area (Å²) in [5, 5.41) is 8.53. The fourth-order valence-corrected chi connectivity index (χ4v) is 1.22. The number of ketones is 1. The molecule has 6 heteroatoms. The number of carbonyl (C=O) groups is 2. The minimum atomic E-state index is -1.76. The average Bonchev–Trinajstić information content (AvgIpc) is 2.27. The quantitative estimate of drug-likeness (QED) is 0.617. The summed E-state index contributed by atoms with van der Waals surface area (Å²) in [7, 11) is 2.49. The Morgan fingerprint density at radius 3 is 2.31 bits per heavy atom. The van der Waals surface area contributed by atoms with E-state index in [2.05, 4.69) is 0 Å². The third-order valence-electron chi connectivity index (χ3n) is 1.92. The summed E-state index contributed by atoms with van der Waals surface area (Å²) in [5.74, 6) is -4.24. The minimum Gasteiger partial charge on any atom is -0.493 e. The number of rotatable bonds is 4. The summed E-state index contributed by atoms with van der Waals surface area (Å²) in [6, 6.07) is 2.18. The third kappa shape index (κ3) is 1.95. The van der Waals surface area contributed by atoms with Crippen LogP contribution in [0.2, 0.25) is 0 Å². The molecule has 1 N–H and O–H groups in total. The highest BCUT2D eigenvalue weighted by molar-refractivity contribution is 6.40. The van der Waals surface area contributed by atoms with Crippen molar-refractivity contribution in [1.29, 1.82) is 0 Å². The first kappa shape index (κ1) is 12.0. The lowest BCUT2D eigenvalue weighted by atomic mass is 10.1. The van der Waals surface area contributed by atoms with Crippen LogP contribution >= 0.6 is 0 Å². The van der Waals surface area contributed by atoms with Crippen molar-refractivity contribution in [3.05, 3.63) is 23.5 Å². The van der Waals surface area contributed by atoms with Crippen molar-refractivity contribution in [1.82, 2.24) is 0 Å². The lowest BCUT2D eigenvalue weighted by Crippen LogP contribution is -2.16. The fraction of sp³-hybridized carbons (Fsp3) is 0.200. The van der Waals surface area contributed by atoms with Gasteiger partial charge in [-0.25, -0.2) is 9.18 Å². The number of carboxylic acids is 1. The molecular weight excluding hydrogens is 219 g/mol. The van der Waals surface area contributed by atoms with Gasteiger partial charge < -0.3 is 14.6 Å². The van der Waals surface area contributed by atoms with Crippen molar-refractivity contribution >= 4 is 11.8 Å². The highest BCUT2D eigenvalue weighted by atomic mass is 19.1. The van der Waals surface area contributed by atoms with Crippen molar-refractivity contribution in [3.63, 3.8) is 0 Å². The molecule has 0 saturated carbocycles. The maximum atomic E-state index is 13.3. The Hall–Kier alpha value is -2.11. The maximum absolute atomic E-state index is 13.3. The van der Waals surface area contributed by atoms with E-state index in [-0.39, 0.29) is 11.5 Å². The molecule has 0 spiro atoms. The summed E-state index contributed by atoms with van der Waals surface area (Å²) in [6.07, 6.45) is 0. The van der Waals surface area contributed by atoms with Gasteiger partial charge in [0.2, 0.25) is 0 Å². The van der Waals surface area contributed by atoms with Crippen molar-refractivity contribution < 1.29 is 28.6 Å². The molecule has 86 valence electrons. The molecular formula is C10H9FO5. The highest BCUT2D eigenvalue weighted by Crippen LogP contribution is 2.32. The SMILES string of the molecule is COc1ccc(F)c(C(=O)C(=O)O)c1OC. The van der Waals surface area contributed by atoms with E-state index in [0.717, 1.165) is 6.07 Å². The van der Waals surface area contributed by atoms with Crippen LogP contribution in [0.5, 0.6) is 11.5 Å². The van der Waals surface area contributed by atoms with Crippen LogP contribution in [0.1, 0.15) is 10.4 Å². The van der Waals surface area contributed by atoms with Gasteiger partial charge in [0, 0.05) is 0 Å². The van der Waals surface area contributed by atoms with E-state index in [4.69, 9.17) is 14.6 Å². The minimum absolute atomic E-state index is 0.0912. The number of benzene rings is 1. The Balaban J connectivity index is 3.46. The van der Waals surface area contributed by atoms with Gasteiger partial charge in [-0.3, -0.25) is 4.79 Å². The second-order valence-electron chi connectivity index (χ2n) is 2.79. The predicted octanol–water partition coefficient (Wildman–Crippen LogP) is 1.11. The number of Topliss-reactive ketones (excluding diaryl/α,β-unsaturated/α-hetero) is 1. The molecule has 16 heavy (non-hydrogen) atoms. The summed E-state index contributed by atoms with van der Waals surface area (Å²) < 4.78 is 22.9. The number of hydrogen-bond acceptors (Lipinski definition) is 4. The van der Waals surface area contributed by atoms with Crippen molar-refractivity contribution in [2.24, 2.45) is 0 Å². The fourth-order valence-electron chi connectivity index (χ4n) is 1.22. The number of ether oxygens (including phenoxy) is 2. The van der Waals surface area contributed by atoms with Crippen LogP contribution in [-0.2, 0) is 4.79 Å². The van der Waals surface area contributed by atoms with Crippen molar-refractivity contribution in [3.8, 4) is 11.5 Å². The van der Waals surface area contributed by atoms with Crippen LogP contribution in [0.3, 0.4) is 0 Å². The monoisotopic (exact) mass is 228 g/mol. The lowest BCUT2D eigenvalue weighted by molar-refractivity contribution is -0.131. The van der Waals surface area contributed by atoms with Gasteiger partial charge in [0.15, 0.2) is 11.5 Å². The molecule has 5 nitrogen and oxygen atoms in total. The van der Waals surface area contributed by atoms with Crippen LogP contribution in [0.25, 0.3) is 0 Å². The van der Waals surface area contributed by atoms with E-state index in [1.165, 1.54) is 20.3 Å². The van der Waals surface area contributed by atoms with Gasteiger partial charge in [-0.05, 0) is 12.1 Å². The lowest BCUT2D eigenvalue weighted by Gasteiger charge is -2.11. The Morgan fingerprint density at radius 1 is 1.25 bits per heavy atom. The van der Waals surface area contributed by atoms with Gasteiger partial charge in [-0.15, -0.1) is 0 Å². The standard InChI is InChI=1S/C10H9FO5/c1-15-6-4-3-5(11)7(9(6)16-2)8(12)10(13)14/h3-4H,1-2H3,(H,13,14). The van der Waals surface area contributed by atoms with E-state index < -0.39 is 23.1 Å². The molecule has 1 rings (SSSR count). The van der Waals surface area contributed by atoms with E-state index in [9.17, 15) is 14.0 Å². The van der Waals surface area contributed by atoms with Gasteiger partial charge >= 0.3 is 5.97 Å². The van der Waals surface area contributed by atoms with Crippen LogP contribution in [0, 0.1) is 5.82 Å². The molecule has 1 aromatic rings. The zero-order valence-electron chi connectivity index (χ0n) is 8.61. The van der Waals surface area contributed by atoms with Gasteiger partial charge in [0.1, 0.15) is 11.4 Å². The van der Waals surface area contributed by atoms with Gasteiger partial charge in [0.25, 0.3) is 5.78 Å². The molecule has 0 aliphatic carbocycles. The molecule has 0 aliphatic rings. The summed E-state index contributed by atoms with van der Waals surface area (Å²) in [6.45, 7) is 0. The smallest absolute Gasteiger partial charge is 0.377 e. The van der Waals surface area contributed by atoms with Crippen molar-refractivity contribution in [2.75, 3.05) is 14.2 Å². The molecule has 0 unspecified atom stereocenters. The number of carboxylic acid groups (broad SMARTS) is 1. The third-order valence-corrected chi connectivity index (χ3v) is 1.92. The molecule has 0 amide bonds. The second kappa shape index (κ2) is 4.61. The zero-order valence-corrected chi connectivity index (χ0v) is 8.61. The van der Waals surface area contributed by atoms with E-state index in [0.29, 0.717) is 0 Å². The topological polar surface area (TPSA) is 72.8 Å². The van der Waals surface area contributed by atoms with Crippen LogP contribution in [0.4, 0.5) is 4.39 Å². The summed E-state index contributed by atoms with van der Waals surface area (Å²) in [4.78, 5) is 21.7. The molecule has 0 bridgehead atoms. The summed E-state index contributed by atoms with van der Waals surface area (Å²) >= 11 is 0.